The van der Waals surface area contributed by atoms with Gasteiger partial charge in [-0.15, -0.1) is 0 Å². The van der Waals surface area contributed by atoms with E-state index < -0.39 is 36.3 Å². The molecule has 0 saturated heterocycles. The summed E-state index contributed by atoms with van der Waals surface area (Å²) in [6, 6.07) is -1.12. The Labute approximate surface area is 103 Å². The van der Waals surface area contributed by atoms with Crippen LogP contribution in [0, 0.1) is 0 Å². The zero-order chi connectivity index (χ0) is 14.1. The van der Waals surface area contributed by atoms with E-state index in [9.17, 15) is 19.2 Å². The summed E-state index contributed by atoms with van der Waals surface area (Å²) >= 11 is 0. The standard InChI is InChI=1S/C9H16N4O5/c1-5(15)13-6(4-14)9(18)12-3-8(17)11-2-7(10)16/h6,14H,2-4H2,1H3,(H2,10,16)(H,11,17)(H,12,18)(H,13,15)/t6-/m0/s1. The molecule has 6 N–H and O–H groups in total. The van der Waals surface area contributed by atoms with Crippen LogP contribution in [0.1, 0.15) is 6.92 Å². The largest absolute Gasteiger partial charge is 0.394 e. The van der Waals surface area contributed by atoms with Gasteiger partial charge < -0.3 is 26.8 Å². The van der Waals surface area contributed by atoms with Crippen molar-refractivity contribution < 1.29 is 24.3 Å². The predicted octanol–water partition coefficient (Wildman–Crippen LogP) is -3.80. The Morgan fingerprint density at radius 3 is 2.22 bits per heavy atom. The lowest BCUT2D eigenvalue weighted by Crippen LogP contribution is -2.50. The number of primary amides is 1. The number of aliphatic hydroxyl groups is 1. The number of carbonyl (C=O) groups excluding carboxylic acids is 4. The van der Waals surface area contributed by atoms with Crippen LogP contribution in [-0.2, 0) is 19.2 Å². The Morgan fingerprint density at radius 1 is 1.17 bits per heavy atom. The first-order chi connectivity index (χ1) is 8.36. The molecule has 0 aliphatic rings. The summed E-state index contributed by atoms with van der Waals surface area (Å²) in [6.07, 6.45) is 0. The lowest BCUT2D eigenvalue weighted by molar-refractivity contribution is -0.130. The second-order valence-electron chi connectivity index (χ2n) is 3.40. The molecular weight excluding hydrogens is 244 g/mol. The fourth-order valence-electron chi connectivity index (χ4n) is 0.978. The highest BCUT2D eigenvalue weighted by Gasteiger charge is 2.18. The van der Waals surface area contributed by atoms with E-state index in [4.69, 9.17) is 10.8 Å². The first-order valence-corrected chi connectivity index (χ1v) is 5.07. The molecule has 102 valence electrons. The molecule has 0 aliphatic heterocycles. The van der Waals surface area contributed by atoms with Crippen LogP contribution in [0.25, 0.3) is 0 Å². The van der Waals surface area contributed by atoms with E-state index in [0.717, 1.165) is 0 Å². The van der Waals surface area contributed by atoms with Crippen LogP contribution in [0.5, 0.6) is 0 Å². The number of amides is 4. The zero-order valence-electron chi connectivity index (χ0n) is 9.86. The van der Waals surface area contributed by atoms with Gasteiger partial charge in [-0.3, -0.25) is 19.2 Å². The molecule has 0 aromatic carbocycles. The number of carbonyl (C=O) groups is 4. The smallest absolute Gasteiger partial charge is 0.245 e. The third-order valence-corrected chi connectivity index (χ3v) is 1.76. The van der Waals surface area contributed by atoms with Gasteiger partial charge in [-0.1, -0.05) is 0 Å². The molecule has 0 rings (SSSR count). The summed E-state index contributed by atoms with van der Waals surface area (Å²) in [5, 5.41) is 15.4. The van der Waals surface area contributed by atoms with Crippen molar-refractivity contribution in [2.75, 3.05) is 19.7 Å². The van der Waals surface area contributed by atoms with E-state index in [2.05, 4.69) is 16.0 Å². The Bertz CT molecular complexity index is 344. The Hall–Kier alpha value is -2.16. The Morgan fingerprint density at radius 2 is 1.78 bits per heavy atom. The fourth-order valence-corrected chi connectivity index (χ4v) is 0.978. The maximum Gasteiger partial charge on any atom is 0.245 e. The van der Waals surface area contributed by atoms with Crippen molar-refractivity contribution in [3.8, 4) is 0 Å². The number of hydrogen-bond acceptors (Lipinski definition) is 5. The summed E-state index contributed by atoms with van der Waals surface area (Å²) in [7, 11) is 0. The predicted molar refractivity (Wildman–Crippen MR) is 59.9 cm³/mol. The van der Waals surface area contributed by atoms with Crippen LogP contribution in [0.4, 0.5) is 0 Å². The lowest BCUT2D eigenvalue weighted by Gasteiger charge is -2.14. The monoisotopic (exact) mass is 260 g/mol. The maximum atomic E-state index is 11.4. The molecule has 0 aromatic heterocycles. The summed E-state index contributed by atoms with van der Waals surface area (Å²) < 4.78 is 0. The van der Waals surface area contributed by atoms with Crippen molar-refractivity contribution in [1.82, 2.24) is 16.0 Å². The van der Waals surface area contributed by atoms with Gasteiger partial charge in [-0.2, -0.15) is 0 Å². The highest BCUT2D eigenvalue weighted by Crippen LogP contribution is 1.82. The summed E-state index contributed by atoms with van der Waals surface area (Å²) in [5.41, 5.74) is 4.80. The average Bonchev–Trinajstić information content (AvgIpc) is 2.29. The van der Waals surface area contributed by atoms with Gasteiger partial charge >= 0.3 is 0 Å². The quantitative estimate of drug-likeness (QED) is 0.318. The molecule has 0 heterocycles. The van der Waals surface area contributed by atoms with Gasteiger partial charge in [0.15, 0.2) is 0 Å². The molecule has 9 heteroatoms. The number of rotatable bonds is 7. The second kappa shape index (κ2) is 8.01. The van der Waals surface area contributed by atoms with E-state index in [1.807, 2.05) is 0 Å². The lowest BCUT2D eigenvalue weighted by atomic mass is 10.3. The minimum absolute atomic E-state index is 0.330. The van der Waals surface area contributed by atoms with Crippen LogP contribution < -0.4 is 21.7 Å². The van der Waals surface area contributed by atoms with Crippen LogP contribution >= 0.6 is 0 Å². The van der Waals surface area contributed by atoms with Gasteiger partial charge in [0.25, 0.3) is 0 Å². The van der Waals surface area contributed by atoms with Gasteiger partial charge in [0.05, 0.1) is 19.7 Å². The van der Waals surface area contributed by atoms with Crippen molar-refractivity contribution >= 4 is 23.6 Å². The number of nitrogens with one attached hydrogen (secondary N) is 3. The summed E-state index contributed by atoms with van der Waals surface area (Å²) in [4.78, 5) is 43.6. The normalized spacial score (nSPS) is 11.2. The van der Waals surface area contributed by atoms with Crippen LogP contribution in [-0.4, -0.2) is 54.5 Å². The highest BCUT2D eigenvalue weighted by atomic mass is 16.3. The highest BCUT2D eigenvalue weighted by molar-refractivity contribution is 5.91. The topological polar surface area (TPSA) is 151 Å². The molecule has 0 saturated carbocycles. The third-order valence-electron chi connectivity index (χ3n) is 1.76. The molecule has 0 bridgehead atoms. The van der Waals surface area contributed by atoms with Gasteiger partial charge in [0, 0.05) is 6.92 Å². The molecular formula is C9H16N4O5. The van der Waals surface area contributed by atoms with Crippen LogP contribution in [0.2, 0.25) is 0 Å². The summed E-state index contributed by atoms with van der Waals surface area (Å²) in [5.74, 6) is -2.51. The molecule has 0 spiro atoms. The first-order valence-electron chi connectivity index (χ1n) is 5.07. The van der Waals surface area contributed by atoms with Gasteiger partial charge in [0.2, 0.25) is 23.6 Å². The van der Waals surface area contributed by atoms with Crippen molar-refractivity contribution in [2.24, 2.45) is 5.73 Å². The Kier molecular flexibility index (Phi) is 7.05. The van der Waals surface area contributed by atoms with Gasteiger partial charge in [-0.25, -0.2) is 0 Å². The molecule has 9 nitrogen and oxygen atoms in total. The first kappa shape index (κ1) is 15.8. The molecule has 1 atom stereocenters. The molecule has 0 fully saturated rings. The second-order valence-corrected chi connectivity index (χ2v) is 3.40. The minimum Gasteiger partial charge on any atom is -0.394 e. The van der Waals surface area contributed by atoms with E-state index >= 15 is 0 Å². The van der Waals surface area contributed by atoms with Crippen molar-refractivity contribution in [3.63, 3.8) is 0 Å². The van der Waals surface area contributed by atoms with Crippen molar-refractivity contribution in [2.45, 2.75) is 13.0 Å². The van der Waals surface area contributed by atoms with Gasteiger partial charge in [-0.05, 0) is 0 Å². The maximum absolute atomic E-state index is 11.4. The van der Waals surface area contributed by atoms with Gasteiger partial charge in [0.1, 0.15) is 6.04 Å². The van der Waals surface area contributed by atoms with E-state index in [-0.39, 0.29) is 13.1 Å². The van der Waals surface area contributed by atoms with Crippen molar-refractivity contribution in [3.05, 3.63) is 0 Å². The third kappa shape index (κ3) is 7.17. The Balaban J connectivity index is 4.03. The molecule has 18 heavy (non-hydrogen) atoms. The molecule has 0 aliphatic carbocycles. The summed E-state index contributed by atoms with van der Waals surface area (Å²) in [6.45, 7) is -0.115. The number of hydrogen-bond donors (Lipinski definition) is 5. The van der Waals surface area contributed by atoms with Crippen LogP contribution in [0.3, 0.4) is 0 Å². The SMILES string of the molecule is CC(=O)N[C@@H](CO)C(=O)NCC(=O)NCC(N)=O. The van der Waals surface area contributed by atoms with E-state index in [1.54, 1.807) is 0 Å². The number of nitrogens with two attached hydrogens (primary N) is 1. The molecule has 0 radical (unpaired) electrons. The minimum atomic E-state index is -1.12. The molecule has 4 amide bonds. The van der Waals surface area contributed by atoms with E-state index in [1.165, 1.54) is 6.92 Å². The average molecular weight is 260 g/mol. The van der Waals surface area contributed by atoms with Crippen LogP contribution in [0.15, 0.2) is 0 Å². The zero-order valence-corrected chi connectivity index (χ0v) is 9.86. The molecule has 0 unspecified atom stereocenters. The van der Waals surface area contributed by atoms with E-state index in [0.29, 0.717) is 0 Å². The molecule has 0 aromatic rings. The fraction of sp³-hybridized carbons (Fsp3) is 0.556. The van der Waals surface area contributed by atoms with Crippen molar-refractivity contribution in [1.29, 1.82) is 0 Å². The number of aliphatic hydroxyl groups excluding tert-OH is 1.